The minimum absolute atomic E-state index is 0.0569. The second-order valence-electron chi connectivity index (χ2n) is 7.45. The quantitative estimate of drug-likeness (QED) is 0.605. The Labute approximate surface area is 180 Å². The van der Waals surface area contributed by atoms with Gasteiger partial charge in [-0.15, -0.1) is 0 Å². The van der Waals surface area contributed by atoms with E-state index >= 15 is 0 Å². The molecule has 4 rings (SSSR count). The molecule has 3 aromatic rings. The number of hydrogen-bond donors (Lipinski definition) is 2. The minimum Gasteiger partial charge on any atom is -0.451 e. The Balaban J connectivity index is 1.47. The lowest BCUT2D eigenvalue weighted by Crippen LogP contribution is -2.41. The van der Waals surface area contributed by atoms with Gasteiger partial charge in [0.25, 0.3) is 5.91 Å². The third-order valence-corrected chi connectivity index (χ3v) is 7.28. The van der Waals surface area contributed by atoms with Gasteiger partial charge in [-0.3, -0.25) is 20.4 Å². The summed E-state index contributed by atoms with van der Waals surface area (Å²) < 4.78 is 32.7. The van der Waals surface area contributed by atoms with Crippen LogP contribution in [0, 0.1) is 6.92 Å². The number of hydrazine groups is 1. The van der Waals surface area contributed by atoms with Crippen LogP contribution in [0.1, 0.15) is 45.7 Å². The Bertz CT molecular complexity index is 1240. The molecule has 9 heteroatoms. The van der Waals surface area contributed by atoms with Crippen LogP contribution in [0.2, 0.25) is 0 Å². The Morgan fingerprint density at radius 3 is 2.39 bits per heavy atom. The van der Waals surface area contributed by atoms with E-state index in [1.807, 2.05) is 12.1 Å². The number of rotatable bonds is 4. The zero-order valence-electron chi connectivity index (χ0n) is 17.1. The van der Waals surface area contributed by atoms with Crippen molar-refractivity contribution in [2.24, 2.45) is 0 Å². The highest BCUT2D eigenvalue weighted by Crippen LogP contribution is 2.25. The number of carbonyl (C=O) groups excluding carboxylic acids is 2. The molecule has 0 atom stereocenters. The van der Waals surface area contributed by atoms with Crippen molar-refractivity contribution in [2.75, 3.05) is 13.1 Å². The third-order valence-electron chi connectivity index (χ3n) is 5.39. The number of aryl methyl sites for hydroxylation is 1. The van der Waals surface area contributed by atoms with Gasteiger partial charge in [-0.2, -0.15) is 4.31 Å². The maximum Gasteiger partial charge on any atom is 0.305 e. The standard InChI is InChI=1S/C22H23N3O5S/c1-15-18-10-3-4-11-19(18)30-20(15)22(27)24-23-21(26)16-8-7-9-17(14-16)31(28,29)25-12-5-2-6-13-25/h3-4,7-11,14H,2,5-6,12-13H2,1H3,(H,23,26)(H,24,27). The van der Waals surface area contributed by atoms with Crippen molar-refractivity contribution in [3.8, 4) is 0 Å². The number of piperidine rings is 1. The van der Waals surface area contributed by atoms with Crippen LogP contribution in [0.25, 0.3) is 11.0 Å². The summed E-state index contributed by atoms with van der Waals surface area (Å²) in [7, 11) is -3.66. The number of nitrogens with zero attached hydrogens (tertiary/aromatic N) is 1. The fraction of sp³-hybridized carbons (Fsp3) is 0.273. The molecule has 1 fully saturated rings. The van der Waals surface area contributed by atoms with E-state index in [0.29, 0.717) is 24.2 Å². The number of carbonyl (C=O) groups is 2. The van der Waals surface area contributed by atoms with Crippen LogP contribution in [0.3, 0.4) is 0 Å². The maximum absolute atomic E-state index is 12.8. The third kappa shape index (κ3) is 4.19. The first-order valence-electron chi connectivity index (χ1n) is 10.1. The van der Waals surface area contributed by atoms with Crippen LogP contribution >= 0.6 is 0 Å². The largest absolute Gasteiger partial charge is 0.451 e. The van der Waals surface area contributed by atoms with Crippen molar-refractivity contribution in [1.82, 2.24) is 15.2 Å². The summed E-state index contributed by atoms with van der Waals surface area (Å²) in [6.07, 6.45) is 2.66. The monoisotopic (exact) mass is 441 g/mol. The first-order chi connectivity index (χ1) is 14.9. The van der Waals surface area contributed by atoms with E-state index in [1.165, 1.54) is 28.6 Å². The first-order valence-corrected chi connectivity index (χ1v) is 11.5. The number of fused-ring (bicyclic) bond motifs is 1. The highest BCUT2D eigenvalue weighted by Gasteiger charge is 2.26. The van der Waals surface area contributed by atoms with Gasteiger partial charge in [-0.25, -0.2) is 8.42 Å². The summed E-state index contributed by atoms with van der Waals surface area (Å²) in [5.74, 6) is -1.13. The van der Waals surface area contributed by atoms with Crippen molar-refractivity contribution in [1.29, 1.82) is 0 Å². The van der Waals surface area contributed by atoms with Crippen LogP contribution in [-0.4, -0.2) is 37.6 Å². The van der Waals surface area contributed by atoms with Crippen molar-refractivity contribution in [2.45, 2.75) is 31.1 Å². The van der Waals surface area contributed by atoms with Gasteiger partial charge in [0.15, 0.2) is 5.76 Å². The van der Waals surface area contributed by atoms with Crippen LogP contribution in [-0.2, 0) is 10.0 Å². The Hall–Kier alpha value is -3.17. The summed E-state index contributed by atoms with van der Waals surface area (Å²) in [4.78, 5) is 25.1. The molecule has 0 aliphatic carbocycles. The molecule has 2 N–H and O–H groups in total. The summed E-state index contributed by atoms with van der Waals surface area (Å²) >= 11 is 0. The van der Waals surface area contributed by atoms with Crippen LogP contribution in [0.4, 0.5) is 0 Å². The fourth-order valence-electron chi connectivity index (χ4n) is 3.69. The number of nitrogens with one attached hydrogen (secondary N) is 2. The predicted molar refractivity (Wildman–Crippen MR) is 115 cm³/mol. The maximum atomic E-state index is 12.8. The Morgan fingerprint density at radius 2 is 1.65 bits per heavy atom. The molecule has 1 aliphatic heterocycles. The minimum atomic E-state index is -3.66. The lowest BCUT2D eigenvalue weighted by atomic mass is 10.1. The van der Waals surface area contributed by atoms with Gasteiger partial charge in [0, 0.05) is 29.6 Å². The van der Waals surface area contributed by atoms with Gasteiger partial charge in [-0.1, -0.05) is 30.7 Å². The van der Waals surface area contributed by atoms with Crippen LogP contribution < -0.4 is 10.9 Å². The molecule has 31 heavy (non-hydrogen) atoms. The SMILES string of the molecule is Cc1c(C(=O)NNC(=O)c2cccc(S(=O)(=O)N3CCCCC3)c2)oc2ccccc12. The molecule has 0 bridgehead atoms. The lowest BCUT2D eigenvalue weighted by molar-refractivity contribution is 0.0831. The molecule has 162 valence electrons. The summed E-state index contributed by atoms with van der Waals surface area (Å²) in [5.41, 5.74) is 6.01. The highest BCUT2D eigenvalue weighted by atomic mass is 32.2. The molecule has 0 spiro atoms. The zero-order chi connectivity index (χ0) is 22.0. The molecule has 0 radical (unpaired) electrons. The number of hydrogen-bond acceptors (Lipinski definition) is 5. The van der Waals surface area contributed by atoms with Crippen LogP contribution in [0.15, 0.2) is 57.8 Å². The average Bonchev–Trinajstić information content (AvgIpc) is 3.14. The number of benzene rings is 2. The van der Waals surface area contributed by atoms with Gasteiger partial charge in [0.05, 0.1) is 4.90 Å². The van der Waals surface area contributed by atoms with Gasteiger partial charge in [0.1, 0.15) is 5.58 Å². The van der Waals surface area contributed by atoms with E-state index < -0.39 is 21.8 Å². The average molecular weight is 442 g/mol. The second-order valence-corrected chi connectivity index (χ2v) is 9.39. The second kappa shape index (κ2) is 8.52. The summed E-state index contributed by atoms with van der Waals surface area (Å²) in [5, 5.41) is 0.814. The molecular weight excluding hydrogens is 418 g/mol. The van der Waals surface area contributed by atoms with E-state index in [1.54, 1.807) is 19.1 Å². The lowest BCUT2D eigenvalue weighted by Gasteiger charge is -2.26. The first kappa shape index (κ1) is 21.1. The van der Waals surface area contributed by atoms with Crippen molar-refractivity contribution >= 4 is 32.8 Å². The van der Waals surface area contributed by atoms with E-state index in [0.717, 1.165) is 24.6 Å². The van der Waals surface area contributed by atoms with Crippen molar-refractivity contribution in [3.63, 3.8) is 0 Å². The molecule has 0 saturated carbocycles. The van der Waals surface area contributed by atoms with Gasteiger partial charge in [0.2, 0.25) is 10.0 Å². The molecule has 2 amide bonds. The number of para-hydroxylation sites is 1. The van der Waals surface area contributed by atoms with E-state index in [-0.39, 0.29) is 16.2 Å². The van der Waals surface area contributed by atoms with Crippen LogP contribution in [0.5, 0.6) is 0 Å². The molecule has 2 heterocycles. The molecule has 1 aliphatic rings. The van der Waals surface area contributed by atoms with E-state index in [4.69, 9.17) is 4.42 Å². The smallest absolute Gasteiger partial charge is 0.305 e. The van der Waals surface area contributed by atoms with E-state index in [2.05, 4.69) is 10.9 Å². The zero-order valence-corrected chi connectivity index (χ0v) is 17.9. The molecular formula is C22H23N3O5S. The Morgan fingerprint density at radius 1 is 0.935 bits per heavy atom. The van der Waals surface area contributed by atoms with E-state index in [9.17, 15) is 18.0 Å². The predicted octanol–water partition coefficient (Wildman–Crippen LogP) is 2.99. The van der Waals surface area contributed by atoms with Gasteiger partial charge >= 0.3 is 5.91 Å². The Kier molecular flexibility index (Phi) is 5.79. The molecule has 8 nitrogen and oxygen atoms in total. The fourth-order valence-corrected chi connectivity index (χ4v) is 5.25. The normalized spacial score (nSPS) is 15.0. The number of amides is 2. The highest BCUT2D eigenvalue weighted by molar-refractivity contribution is 7.89. The number of sulfonamides is 1. The molecule has 1 saturated heterocycles. The topological polar surface area (TPSA) is 109 Å². The summed E-state index contributed by atoms with van der Waals surface area (Å²) in [6, 6.07) is 13.0. The molecule has 0 unspecified atom stereocenters. The van der Waals surface area contributed by atoms with Crippen molar-refractivity contribution in [3.05, 3.63) is 65.4 Å². The summed E-state index contributed by atoms with van der Waals surface area (Å²) in [6.45, 7) is 2.72. The molecule has 1 aromatic heterocycles. The van der Waals surface area contributed by atoms with Crippen molar-refractivity contribution < 1.29 is 22.4 Å². The van der Waals surface area contributed by atoms with Gasteiger partial charge < -0.3 is 4.42 Å². The molecule has 2 aromatic carbocycles. The number of furan rings is 1. The van der Waals surface area contributed by atoms with Gasteiger partial charge in [-0.05, 0) is 44.0 Å².